The Morgan fingerprint density at radius 2 is 2.06 bits per heavy atom. The average molecular weight is 510 g/mol. The number of nitrogens with zero attached hydrogens (tertiary/aromatic N) is 2. The van der Waals surface area contributed by atoms with Crippen molar-refractivity contribution in [2.75, 3.05) is 18.6 Å². The van der Waals surface area contributed by atoms with Gasteiger partial charge in [-0.25, -0.2) is 5.43 Å². The molecule has 0 radical (unpaired) electrons. The van der Waals surface area contributed by atoms with Gasteiger partial charge in [0, 0.05) is 27.7 Å². The number of amides is 1. The molecule has 1 aromatic heterocycles. The molecule has 172 valence electrons. The molecule has 3 aromatic rings. The van der Waals surface area contributed by atoms with E-state index in [1.165, 1.54) is 16.8 Å². The van der Waals surface area contributed by atoms with Crippen LogP contribution in [0.15, 0.2) is 56.5 Å². The first-order valence-electron chi connectivity index (χ1n) is 11.0. The summed E-state index contributed by atoms with van der Waals surface area (Å²) in [5, 5.41) is 4.92. The number of rotatable bonds is 6. The summed E-state index contributed by atoms with van der Waals surface area (Å²) in [4.78, 5) is 15.0. The van der Waals surface area contributed by atoms with Crippen molar-refractivity contribution in [1.29, 1.82) is 0 Å². The van der Waals surface area contributed by atoms with Crippen molar-refractivity contribution in [3.63, 3.8) is 0 Å². The molecular weight excluding hydrogens is 482 g/mol. The van der Waals surface area contributed by atoms with Crippen LogP contribution in [0.5, 0.6) is 5.75 Å². The van der Waals surface area contributed by atoms with Crippen molar-refractivity contribution in [3.05, 3.63) is 63.8 Å². The Morgan fingerprint density at radius 1 is 1.27 bits per heavy atom. The molecule has 6 nitrogen and oxygen atoms in total. The van der Waals surface area contributed by atoms with Crippen molar-refractivity contribution < 1.29 is 13.9 Å². The summed E-state index contributed by atoms with van der Waals surface area (Å²) in [5.74, 6) is 0.297. The van der Waals surface area contributed by atoms with Crippen LogP contribution in [0.3, 0.4) is 0 Å². The number of benzene rings is 2. The first-order valence-corrected chi connectivity index (χ1v) is 11.7. The molecule has 1 aliphatic rings. The van der Waals surface area contributed by atoms with E-state index in [1.807, 2.05) is 12.1 Å². The van der Waals surface area contributed by atoms with E-state index in [9.17, 15) is 4.79 Å². The van der Waals surface area contributed by atoms with Gasteiger partial charge in [0.05, 0.1) is 18.9 Å². The Labute approximate surface area is 202 Å². The van der Waals surface area contributed by atoms with Crippen LogP contribution in [0.1, 0.15) is 55.8 Å². The number of nitrogens with one attached hydrogen (secondary N) is 1. The fourth-order valence-corrected chi connectivity index (χ4v) is 4.84. The summed E-state index contributed by atoms with van der Waals surface area (Å²) in [6.07, 6.45) is 5.03. The van der Waals surface area contributed by atoms with Crippen molar-refractivity contribution in [2.24, 2.45) is 5.10 Å². The maximum Gasteiger partial charge on any atom is 0.307 e. The molecule has 7 heteroatoms. The van der Waals surface area contributed by atoms with Crippen LogP contribution >= 0.6 is 15.9 Å². The number of carbonyl (C=O) groups is 1. The fraction of sp³-hybridized carbons (Fsp3) is 0.308. The first-order chi connectivity index (χ1) is 15.7. The summed E-state index contributed by atoms with van der Waals surface area (Å²) in [7, 11) is 1.56. The molecule has 2 aromatic carbocycles. The molecule has 4 rings (SSSR count). The van der Waals surface area contributed by atoms with Crippen molar-refractivity contribution in [3.8, 4) is 5.75 Å². The largest absolute Gasteiger partial charge is 0.493 e. The predicted molar refractivity (Wildman–Crippen MR) is 137 cm³/mol. The highest BCUT2D eigenvalue weighted by molar-refractivity contribution is 9.10. The van der Waals surface area contributed by atoms with Gasteiger partial charge in [0.25, 0.3) is 0 Å². The number of hydrogen-bond acceptors (Lipinski definition) is 5. The highest BCUT2D eigenvalue weighted by Gasteiger charge is 2.30. The number of carbonyl (C=O) groups excluding carboxylic acids is 1. The lowest BCUT2D eigenvalue weighted by Gasteiger charge is -2.43. The minimum Gasteiger partial charge on any atom is -0.493 e. The molecule has 0 spiro atoms. The fourth-order valence-electron chi connectivity index (χ4n) is 4.38. The van der Waals surface area contributed by atoms with Gasteiger partial charge in [-0.05, 0) is 68.7 Å². The Bertz CT molecular complexity index is 1270. The quantitative estimate of drug-likeness (QED) is 0.309. The molecule has 1 aliphatic heterocycles. The minimum absolute atomic E-state index is 0.0263. The van der Waals surface area contributed by atoms with Gasteiger partial charge < -0.3 is 14.1 Å². The molecular formula is C26H28BrN3O3. The second-order valence-corrected chi connectivity index (χ2v) is 9.66. The van der Waals surface area contributed by atoms with Crippen molar-refractivity contribution in [1.82, 2.24) is 5.43 Å². The highest BCUT2D eigenvalue weighted by Crippen LogP contribution is 2.39. The van der Waals surface area contributed by atoms with Crippen molar-refractivity contribution in [2.45, 2.75) is 39.7 Å². The molecule has 0 saturated heterocycles. The number of hydrazone groups is 1. The van der Waals surface area contributed by atoms with Gasteiger partial charge >= 0.3 is 5.91 Å². The van der Waals surface area contributed by atoms with Gasteiger partial charge in [-0.3, -0.25) is 4.79 Å². The van der Waals surface area contributed by atoms with Crippen LogP contribution in [0.4, 0.5) is 5.69 Å². The van der Waals surface area contributed by atoms with Gasteiger partial charge in [0.2, 0.25) is 0 Å². The van der Waals surface area contributed by atoms with Crippen LogP contribution in [-0.4, -0.2) is 31.3 Å². The Kier molecular flexibility index (Phi) is 6.34. The molecule has 1 N–H and O–H groups in total. The van der Waals surface area contributed by atoms with Crippen LogP contribution in [0, 0.1) is 0 Å². The van der Waals surface area contributed by atoms with Crippen LogP contribution in [-0.2, 0) is 0 Å². The lowest BCUT2D eigenvalue weighted by Crippen LogP contribution is -2.45. The average Bonchev–Trinajstić information content (AvgIpc) is 3.20. The molecule has 33 heavy (non-hydrogen) atoms. The third-order valence-corrected chi connectivity index (χ3v) is 6.28. The van der Waals surface area contributed by atoms with Crippen LogP contribution < -0.4 is 15.1 Å². The molecule has 1 amide bonds. The Hall–Kier alpha value is -3.06. The smallest absolute Gasteiger partial charge is 0.307 e. The number of halogens is 1. The number of fused-ring (bicyclic) bond motifs is 2. The van der Waals surface area contributed by atoms with E-state index in [4.69, 9.17) is 9.15 Å². The van der Waals surface area contributed by atoms with E-state index < -0.39 is 5.91 Å². The zero-order valence-corrected chi connectivity index (χ0v) is 21.1. The monoisotopic (exact) mass is 509 g/mol. The van der Waals surface area contributed by atoms with E-state index in [-0.39, 0.29) is 11.3 Å². The molecule has 0 atom stereocenters. The number of anilines is 1. The van der Waals surface area contributed by atoms with E-state index in [0.717, 1.165) is 28.4 Å². The molecule has 0 aliphatic carbocycles. The second-order valence-electron chi connectivity index (χ2n) is 8.75. The summed E-state index contributed by atoms with van der Waals surface area (Å²) in [6.45, 7) is 9.81. The standard InChI is InChI=1S/C26H28BrN3O3/c1-6-9-30-21-8-7-17(10-20(21)16(2)14-26(30,3)4)15-28-29-25(31)23-12-18-11-19(27)13-22(32-5)24(18)33-23/h7-8,10-15H,6,9H2,1-5H3,(H,29,31)/b28-15-. The molecule has 0 saturated carbocycles. The number of allylic oxidation sites excluding steroid dienone is 1. The van der Waals surface area contributed by atoms with E-state index in [2.05, 4.69) is 77.3 Å². The Balaban J connectivity index is 1.53. The topological polar surface area (TPSA) is 67.1 Å². The highest BCUT2D eigenvalue weighted by atomic mass is 79.9. The third-order valence-electron chi connectivity index (χ3n) is 5.82. The van der Waals surface area contributed by atoms with E-state index >= 15 is 0 Å². The number of furan rings is 1. The van der Waals surface area contributed by atoms with E-state index in [0.29, 0.717) is 11.3 Å². The minimum atomic E-state index is -0.425. The SMILES string of the molecule is CCCN1c2ccc(/C=N\NC(=O)c3cc4cc(Br)cc(OC)c4o3)cc2C(C)=CC1(C)C. The normalized spacial score (nSPS) is 15.0. The van der Waals surface area contributed by atoms with Gasteiger partial charge in [0.15, 0.2) is 17.1 Å². The zero-order valence-electron chi connectivity index (χ0n) is 19.5. The lowest BCUT2D eigenvalue weighted by atomic mass is 9.88. The summed E-state index contributed by atoms with van der Waals surface area (Å²) in [6, 6.07) is 11.6. The van der Waals surface area contributed by atoms with E-state index in [1.54, 1.807) is 25.5 Å². The third kappa shape index (κ3) is 4.55. The number of methoxy groups -OCH3 is 1. The second kappa shape index (κ2) is 9.06. The van der Waals surface area contributed by atoms with Gasteiger partial charge in [0.1, 0.15) is 0 Å². The number of hydrogen-bond donors (Lipinski definition) is 1. The van der Waals surface area contributed by atoms with Gasteiger partial charge in [-0.15, -0.1) is 0 Å². The summed E-state index contributed by atoms with van der Waals surface area (Å²) < 4.78 is 11.9. The molecule has 0 unspecified atom stereocenters. The maximum absolute atomic E-state index is 12.6. The molecule has 2 heterocycles. The van der Waals surface area contributed by atoms with Crippen molar-refractivity contribution >= 4 is 50.3 Å². The van der Waals surface area contributed by atoms with Gasteiger partial charge in [-0.2, -0.15) is 5.10 Å². The maximum atomic E-state index is 12.6. The van der Waals surface area contributed by atoms with Crippen LogP contribution in [0.2, 0.25) is 0 Å². The molecule has 0 fully saturated rings. The number of ether oxygens (including phenoxy) is 1. The van der Waals surface area contributed by atoms with Crippen LogP contribution in [0.25, 0.3) is 16.5 Å². The Morgan fingerprint density at radius 3 is 2.79 bits per heavy atom. The summed E-state index contributed by atoms with van der Waals surface area (Å²) in [5.41, 5.74) is 7.61. The lowest BCUT2D eigenvalue weighted by molar-refractivity contribution is 0.0929. The predicted octanol–water partition coefficient (Wildman–Crippen LogP) is 6.38. The summed E-state index contributed by atoms with van der Waals surface area (Å²) >= 11 is 3.43. The molecule has 0 bridgehead atoms. The first kappa shape index (κ1) is 23.1. The van der Waals surface area contributed by atoms with Gasteiger partial charge in [-0.1, -0.05) is 35.0 Å². The zero-order chi connectivity index (χ0) is 23.8.